The molecule has 1 N–H and O–H groups in total. The van der Waals surface area contributed by atoms with E-state index >= 15 is 0 Å². The second-order valence-electron chi connectivity index (χ2n) is 4.64. The number of carbonyl (C=O) groups is 1. The van der Waals surface area contributed by atoms with Gasteiger partial charge in [-0.15, -0.1) is 23.1 Å². The Bertz CT molecular complexity index is 376. The van der Waals surface area contributed by atoms with E-state index in [0.29, 0.717) is 12.3 Å². The normalized spacial score (nSPS) is 24.9. The summed E-state index contributed by atoms with van der Waals surface area (Å²) in [4.78, 5) is 13.8. The molecule has 0 aromatic carbocycles. The average molecular weight is 271 g/mol. The fourth-order valence-electron chi connectivity index (χ4n) is 2.00. The van der Waals surface area contributed by atoms with Crippen LogP contribution in [0.5, 0.6) is 0 Å². The monoisotopic (exact) mass is 271 g/mol. The Kier molecular flexibility index (Phi) is 4.12. The SMILES string of the molecule is CC1(O)CCCN(C(=O)CSc2cccs2)C1. The molecule has 0 spiro atoms. The summed E-state index contributed by atoms with van der Waals surface area (Å²) in [5.41, 5.74) is -0.707. The van der Waals surface area contributed by atoms with Crippen LogP contribution in [0.2, 0.25) is 0 Å². The third-order valence-corrected chi connectivity index (χ3v) is 4.98. The van der Waals surface area contributed by atoms with Crippen molar-refractivity contribution in [3.8, 4) is 0 Å². The average Bonchev–Trinajstić information content (AvgIpc) is 2.77. The Balaban J connectivity index is 1.83. The highest BCUT2D eigenvalue weighted by molar-refractivity contribution is 8.01. The van der Waals surface area contributed by atoms with Gasteiger partial charge in [0.2, 0.25) is 5.91 Å². The van der Waals surface area contributed by atoms with E-state index in [1.54, 1.807) is 34.9 Å². The summed E-state index contributed by atoms with van der Waals surface area (Å²) in [6.07, 6.45) is 1.68. The maximum atomic E-state index is 12.0. The number of β-amino-alcohol motifs (C(OH)–C–C–N with tert-alkyl or cyclic N) is 1. The van der Waals surface area contributed by atoms with Gasteiger partial charge in [-0.2, -0.15) is 0 Å². The van der Waals surface area contributed by atoms with Gasteiger partial charge < -0.3 is 10.0 Å². The third-order valence-electron chi connectivity index (χ3n) is 2.86. The van der Waals surface area contributed by atoms with Gasteiger partial charge in [0.15, 0.2) is 0 Å². The molecule has 1 aromatic heterocycles. The van der Waals surface area contributed by atoms with Crippen LogP contribution in [0.4, 0.5) is 0 Å². The summed E-state index contributed by atoms with van der Waals surface area (Å²) in [5, 5.41) is 12.0. The lowest BCUT2D eigenvalue weighted by Gasteiger charge is -2.36. The van der Waals surface area contributed by atoms with Crippen molar-refractivity contribution in [2.24, 2.45) is 0 Å². The highest BCUT2D eigenvalue weighted by Crippen LogP contribution is 2.25. The zero-order valence-corrected chi connectivity index (χ0v) is 11.5. The van der Waals surface area contributed by atoms with Crippen LogP contribution in [0, 0.1) is 0 Å². The van der Waals surface area contributed by atoms with Gasteiger partial charge in [0.1, 0.15) is 0 Å². The van der Waals surface area contributed by atoms with Crippen LogP contribution in [-0.4, -0.2) is 40.4 Å². The first-order valence-electron chi connectivity index (χ1n) is 5.73. The molecule has 3 nitrogen and oxygen atoms in total. The molecule has 1 aliphatic heterocycles. The molecule has 5 heteroatoms. The number of piperidine rings is 1. The first-order valence-corrected chi connectivity index (χ1v) is 7.60. The molecular formula is C12H17NO2S2. The summed E-state index contributed by atoms with van der Waals surface area (Å²) in [7, 11) is 0. The van der Waals surface area contributed by atoms with Crippen molar-refractivity contribution in [3.63, 3.8) is 0 Å². The molecule has 2 rings (SSSR count). The molecule has 1 atom stereocenters. The van der Waals surface area contributed by atoms with E-state index in [1.807, 2.05) is 17.5 Å². The minimum absolute atomic E-state index is 0.128. The molecule has 1 amide bonds. The van der Waals surface area contributed by atoms with Crippen LogP contribution < -0.4 is 0 Å². The number of thiophene rings is 1. The lowest BCUT2D eigenvalue weighted by Crippen LogP contribution is -2.49. The van der Waals surface area contributed by atoms with E-state index in [0.717, 1.165) is 19.4 Å². The van der Waals surface area contributed by atoms with E-state index in [-0.39, 0.29) is 5.91 Å². The molecule has 0 saturated carbocycles. The van der Waals surface area contributed by atoms with Gasteiger partial charge in [-0.25, -0.2) is 0 Å². The van der Waals surface area contributed by atoms with Gasteiger partial charge >= 0.3 is 0 Å². The molecule has 1 aliphatic rings. The van der Waals surface area contributed by atoms with Crippen LogP contribution in [0.25, 0.3) is 0 Å². The van der Waals surface area contributed by atoms with E-state index in [4.69, 9.17) is 0 Å². The molecule has 1 saturated heterocycles. The molecule has 1 fully saturated rings. The van der Waals surface area contributed by atoms with Crippen LogP contribution in [0.1, 0.15) is 19.8 Å². The Morgan fingerprint density at radius 2 is 2.53 bits per heavy atom. The van der Waals surface area contributed by atoms with Crippen molar-refractivity contribution in [2.45, 2.75) is 29.6 Å². The van der Waals surface area contributed by atoms with Crippen LogP contribution in [0.15, 0.2) is 21.7 Å². The van der Waals surface area contributed by atoms with Crippen molar-refractivity contribution in [2.75, 3.05) is 18.8 Å². The Morgan fingerprint density at radius 3 is 3.18 bits per heavy atom. The summed E-state index contributed by atoms with van der Waals surface area (Å²) in [5.74, 6) is 0.597. The van der Waals surface area contributed by atoms with Gasteiger partial charge in [-0.05, 0) is 31.2 Å². The molecule has 0 bridgehead atoms. The molecule has 17 heavy (non-hydrogen) atoms. The molecule has 0 aliphatic carbocycles. The molecule has 0 radical (unpaired) electrons. The largest absolute Gasteiger partial charge is 0.388 e. The summed E-state index contributed by atoms with van der Waals surface area (Å²) >= 11 is 3.23. The first kappa shape index (κ1) is 12.9. The summed E-state index contributed by atoms with van der Waals surface area (Å²) in [6.45, 7) is 3.05. The topological polar surface area (TPSA) is 40.5 Å². The van der Waals surface area contributed by atoms with Gasteiger partial charge in [0, 0.05) is 13.1 Å². The van der Waals surface area contributed by atoms with Gasteiger partial charge in [-0.3, -0.25) is 4.79 Å². The fraction of sp³-hybridized carbons (Fsp3) is 0.583. The lowest BCUT2D eigenvalue weighted by atomic mass is 9.95. The number of likely N-dealkylation sites (tertiary alicyclic amines) is 1. The minimum atomic E-state index is -0.707. The fourth-order valence-corrected chi connectivity index (χ4v) is 3.69. The van der Waals surface area contributed by atoms with E-state index in [1.165, 1.54) is 4.21 Å². The predicted octanol–water partition coefficient (Wildman–Crippen LogP) is 2.21. The van der Waals surface area contributed by atoms with Crippen LogP contribution >= 0.6 is 23.1 Å². The zero-order chi connectivity index (χ0) is 12.3. The Morgan fingerprint density at radius 1 is 1.71 bits per heavy atom. The molecule has 94 valence electrons. The van der Waals surface area contributed by atoms with E-state index in [2.05, 4.69) is 0 Å². The molecular weight excluding hydrogens is 254 g/mol. The number of nitrogens with zero attached hydrogens (tertiary/aromatic N) is 1. The smallest absolute Gasteiger partial charge is 0.233 e. The van der Waals surface area contributed by atoms with Gasteiger partial charge in [0.25, 0.3) is 0 Å². The second kappa shape index (κ2) is 5.42. The first-order chi connectivity index (χ1) is 8.07. The number of aliphatic hydroxyl groups is 1. The Labute approximate surface area is 110 Å². The van der Waals surface area contributed by atoms with Crippen molar-refractivity contribution < 1.29 is 9.90 Å². The van der Waals surface area contributed by atoms with E-state index < -0.39 is 5.60 Å². The minimum Gasteiger partial charge on any atom is -0.388 e. The maximum Gasteiger partial charge on any atom is 0.233 e. The van der Waals surface area contributed by atoms with Crippen molar-refractivity contribution >= 4 is 29.0 Å². The van der Waals surface area contributed by atoms with Crippen LogP contribution in [-0.2, 0) is 4.79 Å². The van der Waals surface area contributed by atoms with Crippen molar-refractivity contribution in [3.05, 3.63) is 17.5 Å². The molecule has 2 heterocycles. The third kappa shape index (κ3) is 3.72. The summed E-state index contributed by atoms with van der Waals surface area (Å²) in [6, 6.07) is 4.01. The second-order valence-corrected chi connectivity index (χ2v) is 6.86. The quantitative estimate of drug-likeness (QED) is 0.857. The van der Waals surface area contributed by atoms with E-state index in [9.17, 15) is 9.90 Å². The highest BCUT2D eigenvalue weighted by atomic mass is 32.2. The predicted molar refractivity (Wildman–Crippen MR) is 71.5 cm³/mol. The number of carbonyl (C=O) groups excluding carboxylic acids is 1. The van der Waals surface area contributed by atoms with Crippen molar-refractivity contribution in [1.82, 2.24) is 4.90 Å². The molecule has 1 unspecified atom stereocenters. The highest BCUT2D eigenvalue weighted by Gasteiger charge is 2.30. The van der Waals surface area contributed by atoms with Crippen LogP contribution in [0.3, 0.4) is 0 Å². The van der Waals surface area contributed by atoms with Gasteiger partial charge in [0.05, 0.1) is 15.6 Å². The molecule has 1 aromatic rings. The lowest BCUT2D eigenvalue weighted by molar-refractivity contribution is -0.134. The Hall–Kier alpha value is -0.520. The number of thioether (sulfide) groups is 1. The van der Waals surface area contributed by atoms with Crippen molar-refractivity contribution in [1.29, 1.82) is 0 Å². The number of hydrogen-bond donors (Lipinski definition) is 1. The number of rotatable bonds is 3. The number of hydrogen-bond acceptors (Lipinski definition) is 4. The van der Waals surface area contributed by atoms with Gasteiger partial charge in [-0.1, -0.05) is 6.07 Å². The summed E-state index contributed by atoms with van der Waals surface area (Å²) < 4.78 is 1.17. The zero-order valence-electron chi connectivity index (χ0n) is 9.89. The maximum absolute atomic E-state index is 12.0. The number of amides is 1. The standard InChI is InChI=1S/C12H17NO2S2/c1-12(15)5-3-6-13(9-12)10(14)8-17-11-4-2-7-16-11/h2,4,7,15H,3,5-6,8-9H2,1H3.